The second kappa shape index (κ2) is 14.4. The standard InChI is InChI=1S/C36H42ClN3O7/c1-5-7-16-28(42)38-20-23(4)46-35(45)29-27-17-18-36(47-27)30(29)33(43)40(26(21-41)24-13-9-8-10-14-24)32(36)34(44)39(19-6-2)31-22(3)12-11-15-25(31)37/h5-6,8-15,23,26-27,29-30,32,41H,1-2,7,16-21H2,3-4H3,(H,38,42)/t23-,26-,27+,29-,30-,32+,36-/m1/s1. The Morgan fingerprint density at radius 2 is 1.94 bits per heavy atom. The minimum Gasteiger partial charge on any atom is -0.460 e. The lowest BCUT2D eigenvalue weighted by atomic mass is 9.70. The van der Waals surface area contributed by atoms with Gasteiger partial charge < -0.3 is 29.7 Å². The van der Waals surface area contributed by atoms with E-state index < -0.39 is 66.1 Å². The molecule has 2 aromatic carbocycles. The monoisotopic (exact) mass is 663 g/mol. The molecule has 0 unspecified atom stereocenters. The normalized spacial score (nSPS) is 25.5. The number of nitrogens with one attached hydrogen (secondary N) is 1. The minimum absolute atomic E-state index is 0.0999. The molecule has 10 nitrogen and oxygen atoms in total. The molecular weight excluding hydrogens is 622 g/mol. The molecule has 0 aromatic heterocycles. The molecule has 3 heterocycles. The van der Waals surface area contributed by atoms with Crippen LogP contribution in [-0.4, -0.2) is 77.2 Å². The van der Waals surface area contributed by atoms with E-state index in [0.717, 1.165) is 5.56 Å². The number of rotatable bonds is 14. The summed E-state index contributed by atoms with van der Waals surface area (Å²) in [5.41, 5.74) is 0.528. The van der Waals surface area contributed by atoms with E-state index >= 15 is 0 Å². The van der Waals surface area contributed by atoms with Gasteiger partial charge in [-0.3, -0.25) is 19.2 Å². The molecular formula is C36H42ClN3O7. The van der Waals surface area contributed by atoms with Gasteiger partial charge in [0.05, 0.1) is 47.8 Å². The number of benzene rings is 2. The fourth-order valence-corrected chi connectivity index (χ4v) is 7.76. The molecule has 250 valence electrons. The quantitative estimate of drug-likeness (QED) is 0.228. The zero-order chi connectivity index (χ0) is 33.9. The van der Waals surface area contributed by atoms with Crippen molar-refractivity contribution in [2.75, 3.05) is 24.6 Å². The van der Waals surface area contributed by atoms with Crippen LogP contribution in [-0.2, 0) is 28.7 Å². The van der Waals surface area contributed by atoms with Crippen LogP contribution in [0.15, 0.2) is 73.8 Å². The number of allylic oxidation sites excluding steroid dienone is 1. The minimum atomic E-state index is -1.35. The molecule has 1 spiro atoms. The van der Waals surface area contributed by atoms with Gasteiger partial charge in [0.1, 0.15) is 17.7 Å². The maximum Gasteiger partial charge on any atom is 0.312 e. The molecule has 11 heteroatoms. The third kappa shape index (κ3) is 6.34. The summed E-state index contributed by atoms with van der Waals surface area (Å²) < 4.78 is 12.4. The number of amides is 3. The molecule has 0 saturated carbocycles. The maximum atomic E-state index is 15.0. The van der Waals surface area contributed by atoms with E-state index in [1.807, 2.05) is 19.1 Å². The van der Waals surface area contributed by atoms with Gasteiger partial charge in [0.15, 0.2) is 0 Å². The zero-order valence-electron chi connectivity index (χ0n) is 26.8. The Bertz CT molecular complexity index is 1510. The summed E-state index contributed by atoms with van der Waals surface area (Å²) in [5, 5.41) is 13.9. The number of aliphatic hydroxyl groups excluding tert-OH is 1. The Kier molecular flexibility index (Phi) is 10.5. The van der Waals surface area contributed by atoms with E-state index in [0.29, 0.717) is 35.5 Å². The topological polar surface area (TPSA) is 125 Å². The van der Waals surface area contributed by atoms with Gasteiger partial charge in [-0.25, -0.2) is 0 Å². The summed E-state index contributed by atoms with van der Waals surface area (Å²) in [5.74, 6) is -3.71. The number of aryl methyl sites for hydroxylation is 1. The summed E-state index contributed by atoms with van der Waals surface area (Å²) >= 11 is 6.66. The summed E-state index contributed by atoms with van der Waals surface area (Å²) in [7, 11) is 0. The number of hydrogen-bond donors (Lipinski definition) is 2. The van der Waals surface area contributed by atoms with Crippen LogP contribution in [0.25, 0.3) is 0 Å². The predicted molar refractivity (Wildman–Crippen MR) is 177 cm³/mol. The fourth-order valence-electron chi connectivity index (χ4n) is 7.43. The Morgan fingerprint density at radius 1 is 1.19 bits per heavy atom. The van der Waals surface area contributed by atoms with Crippen LogP contribution in [0.4, 0.5) is 5.69 Å². The highest BCUT2D eigenvalue weighted by molar-refractivity contribution is 6.34. The van der Waals surface area contributed by atoms with Crippen LogP contribution in [0.1, 0.15) is 49.8 Å². The second-order valence-electron chi connectivity index (χ2n) is 12.4. The van der Waals surface area contributed by atoms with Gasteiger partial charge in [-0.1, -0.05) is 66.2 Å². The number of carbonyl (C=O) groups is 4. The van der Waals surface area contributed by atoms with E-state index in [1.54, 1.807) is 55.5 Å². The van der Waals surface area contributed by atoms with Crippen LogP contribution in [0.5, 0.6) is 0 Å². The molecule has 3 aliphatic heterocycles. The van der Waals surface area contributed by atoms with Crippen molar-refractivity contribution in [1.29, 1.82) is 0 Å². The summed E-state index contributed by atoms with van der Waals surface area (Å²) in [4.78, 5) is 58.5. The van der Waals surface area contributed by atoms with Crippen LogP contribution < -0.4 is 10.2 Å². The van der Waals surface area contributed by atoms with Crippen molar-refractivity contribution in [2.45, 2.75) is 69.4 Å². The van der Waals surface area contributed by atoms with Crippen molar-refractivity contribution >= 4 is 41.0 Å². The van der Waals surface area contributed by atoms with Gasteiger partial charge in [0.2, 0.25) is 11.8 Å². The van der Waals surface area contributed by atoms with E-state index in [9.17, 15) is 24.3 Å². The highest BCUT2D eigenvalue weighted by atomic mass is 35.5. The third-order valence-electron chi connectivity index (χ3n) is 9.45. The Labute approximate surface area is 280 Å². The van der Waals surface area contributed by atoms with E-state index in [-0.39, 0.29) is 25.4 Å². The highest BCUT2D eigenvalue weighted by Crippen LogP contribution is 2.60. The first-order chi connectivity index (χ1) is 22.6. The van der Waals surface area contributed by atoms with Crippen molar-refractivity contribution in [1.82, 2.24) is 10.2 Å². The number of para-hydroxylation sites is 1. The van der Waals surface area contributed by atoms with E-state index in [4.69, 9.17) is 21.1 Å². The lowest BCUT2D eigenvalue weighted by molar-refractivity contribution is -0.159. The van der Waals surface area contributed by atoms with Crippen molar-refractivity contribution in [3.05, 3.63) is 90.0 Å². The molecule has 3 aliphatic rings. The molecule has 3 fully saturated rings. The van der Waals surface area contributed by atoms with Crippen LogP contribution in [0, 0.1) is 18.8 Å². The van der Waals surface area contributed by atoms with Gasteiger partial charge in [-0.15, -0.1) is 13.2 Å². The summed E-state index contributed by atoms with van der Waals surface area (Å²) in [6.45, 7) is 10.7. The van der Waals surface area contributed by atoms with Gasteiger partial charge in [-0.2, -0.15) is 0 Å². The molecule has 7 atom stereocenters. The van der Waals surface area contributed by atoms with Crippen molar-refractivity contribution in [2.24, 2.45) is 11.8 Å². The molecule has 2 aromatic rings. The number of halogens is 1. The first-order valence-corrected chi connectivity index (χ1v) is 16.4. The predicted octanol–water partition coefficient (Wildman–Crippen LogP) is 4.29. The van der Waals surface area contributed by atoms with E-state index in [1.165, 1.54) is 9.80 Å². The molecule has 0 aliphatic carbocycles. The number of aliphatic hydroxyl groups is 1. The SMILES string of the molecule is C=CCCC(=O)NC[C@@H](C)OC(=O)[C@@H]1[C@@H]2CC[C@]3(O2)[C@H](C(=O)N(CC=C)c2c(C)cccc2Cl)N([C@H](CO)c2ccccc2)C(=O)[C@@H]13. The Morgan fingerprint density at radius 3 is 2.60 bits per heavy atom. The fraction of sp³-hybridized carbons (Fsp3) is 0.444. The average molecular weight is 664 g/mol. The Hall–Kier alpha value is -3.99. The van der Waals surface area contributed by atoms with Crippen LogP contribution in [0.2, 0.25) is 5.02 Å². The molecule has 3 amide bonds. The maximum absolute atomic E-state index is 15.0. The number of esters is 1. The number of hydrogen-bond acceptors (Lipinski definition) is 7. The first-order valence-electron chi connectivity index (χ1n) is 16.0. The van der Waals surface area contributed by atoms with Crippen molar-refractivity contribution < 1.29 is 33.8 Å². The number of carbonyl (C=O) groups excluding carboxylic acids is 4. The van der Waals surface area contributed by atoms with Crippen LogP contribution in [0.3, 0.4) is 0 Å². The highest BCUT2D eigenvalue weighted by Gasteiger charge is 2.76. The molecule has 5 rings (SSSR count). The number of ether oxygens (including phenoxy) is 2. The second-order valence-corrected chi connectivity index (χ2v) is 12.8. The molecule has 47 heavy (non-hydrogen) atoms. The van der Waals surface area contributed by atoms with Crippen molar-refractivity contribution in [3.63, 3.8) is 0 Å². The van der Waals surface area contributed by atoms with Gasteiger partial charge in [-0.05, 0) is 50.3 Å². The van der Waals surface area contributed by atoms with Gasteiger partial charge in [0.25, 0.3) is 5.91 Å². The van der Waals surface area contributed by atoms with E-state index in [2.05, 4.69) is 18.5 Å². The number of fused-ring (bicyclic) bond motifs is 1. The molecule has 2 bridgehead atoms. The number of likely N-dealkylation sites (tertiary alicyclic amines) is 1. The summed E-state index contributed by atoms with van der Waals surface area (Å²) in [6.07, 6.45) is 3.53. The summed E-state index contributed by atoms with van der Waals surface area (Å²) in [6, 6.07) is 12.3. The van der Waals surface area contributed by atoms with Crippen LogP contribution >= 0.6 is 11.6 Å². The first kappa shape index (κ1) is 34.3. The molecule has 3 saturated heterocycles. The zero-order valence-corrected chi connectivity index (χ0v) is 27.5. The number of nitrogens with zero attached hydrogens (tertiary/aromatic N) is 2. The number of anilines is 1. The Balaban J connectivity index is 1.52. The van der Waals surface area contributed by atoms with Gasteiger partial charge in [0, 0.05) is 13.0 Å². The molecule has 2 N–H and O–H groups in total. The lowest BCUT2D eigenvalue weighted by Crippen LogP contribution is -2.57. The third-order valence-corrected chi connectivity index (χ3v) is 9.76. The van der Waals surface area contributed by atoms with Gasteiger partial charge >= 0.3 is 5.97 Å². The molecule has 0 radical (unpaired) electrons. The average Bonchev–Trinajstić information content (AvgIpc) is 3.70. The van der Waals surface area contributed by atoms with Crippen molar-refractivity contribution in [3.8, 4) is 0 Å². The lowest BCUT2D eigenvalue weighted by Gasteiger charge is -2.39. The smallest absolute Gasteiger partial charge is 0.312 e. The largest absolute Gasteiger partial charge is 0.460 e.